The fraction of sp³-hybridized carbons (Fsp3) is 0.143. The van der Waals surface area contributed by atoms with Gasteiger partial charge in [-0.25, -0.2) is 0 Å². The number of alkyl halides is 1. The van der Waals surface area contributed by atoms with Gasteiger partial charge in [-0.2, -0.15) is 0 Å². The van der Waals surface area contributed by atoms with E-state index in [4.69, 9.17) is 4.79 Å². The Bertz CT molecular complexity index is 131. The van der Waals surface area contributed by atoms with E-state index in [2.05, 4.69) is 20.9 Å². The third-order valence-electron chi connectivity index (χ3n) is 0.629. The van der Waals surface area contributed by atoms with Crippen LogP contribution < -0.4 is 0 Å². The van der Waals surface area contributed by atoms with Gasteiger partial charge < -0.3 is 4.79 Å². The van der Waals surface area contributed by atoms with E-state index in [9.17, 15) is 0 Å². The van der Waals surface area contributed by atoms with Crippen molar-refractivity contribution in [3.8, 4) is 0 Å². The smallest absolute Gasteiger partial charge is 0.130 e. The number of hydrogen-bond acceptors (Lipinski definition) is 2. The van der Waals surface area contributed by atoms with E-state index in [1.165, 1.54) is 0 Å². The summed E-state index contributed by atoms with van der Waals surface area (Å²) >= 11 is 2.88. The van der Waals surface area contributed by atoms with Crippen molar-refractivity contribution in [1.82, 2.24) is 4.98 Å². The molecule has 62 valence electrons. The highest BCUT2D eigenvalue weighted by Gasteiger charge is 1.58. The van der Waals surface area contributed by atoms with Crippen LogP contribution in [0.2, 0.25) is 0 Å². The predicted octanol–water partition coefficient (Wildman–Crippen LogP) is 2.24. The molecule has 11 heavy (non-hydrogen) atoms. The maximum absolute atomic E-state index is 9.13. The van der Waals surface area contributed by atoms with Gasteiger partial charge in [0, 0.05) is 12.4 Å². The quantitative estimate of drug-likeness (QED) is 0.584. The molecule has 0 aliphatic carbocycles. The van der Waals surface area contributed by atoms with Crippen molar-refractivity contribution >= 4 is 39.2 Å². The number of carbonyl (C=O) groups is 1. The molecule has 0 unspecified atom stereocenters. The lowest BCUT2D eigenvalue weighted by Gasteiger charge is -1.70. The fourth-order valence-electron chi connectivity index (χ4n) is 0.313. The molecule has 0 radical (unpaired) electrons. The number of aromatic nitrogens is 1. The van der Waals surface area contributed by atoms with Crippen molar-refractivity contribution in [2.45, 2.75) is 0 Å². The van der Waals surface area contributed by atoms with Gasteiger partial charge >= 0.3 is 0 Å². The Kier molecular flexibility index (Phi) is 15.1. The van der Waals surface area contributed by atoms with E-state index in [1.54, 1.807) is 12.4 Å². The number of halogens is 2. The van der Waals surface area contributed by atoms with Gasteiger partial charge in [0.25, 0.3) is 0 Å². The van der Waals surface area contributed by atoms with Crippen LogP contribution in [0.5, 0.6) is 0 Å². The van der Waals surface area contributed by atoms with Crippen molar-refractivity contribution in [3.63, 3.8) is 0 Å². The van der Waals surface area contributed by atoms with Crippen LogP contribution in [-0.4, -0.2) is 16.6 Å². The Labute approximate surface area is 84.9 Å². The first kappa shape index (κ1) is 13.4. The lowest BCUT2D eigenvalue weighted by Crippen LogP contribution is -1.61. The molecule has 0 bridgehead atoms. The minimum atomic E-state index is 0. The van der Waals surface area contributed by atoms with Gasteiger partial charge in [0.1, 0.15) is 6.29 Å². The second-order valence-electron chi connectivity index (χ2n) is 1.35. The number of carbonyl (C=O) groups excluding carboxylic acids is 1. The van der Waals surface area contributed by atoms with Crippen LogP contribution >= 0.6 is 32.9 Å². The molecule has 0 fully saturated rings. The molecule has 0 atom stereocenters. The van der Waals surface area contributed by atoms with E-state index in [0.29, 0.717) is 5.33 Å². The molecule has 0 amide bonds. The summed E-state index contributed by atoms with van der Waals surface area (Å²) in [6, 6.07) is 5.72. The molecule has 0 aromatic carbocycles. The Morgan fingerprint density at radius 3 is 1.82 bits per heavy atom. The third kappa shape index (κ3) is 12.9. The molecule has 0 aliphatic heterocycles. The van der Waals surface area contributed by atoms with E-state index < -0.39 is 0 Å². The summed E-state index contributed by atoms with van der Waals surface area (Å²) in [6.45, 7) is 0. The predicted molar refractivity (Wildman–Crippen MR) is 54.4 cm³/mol. The van der Waals surface area contributed by atoms with Gasteiger partial charge in [0.05, 0.1) is 5.33 Å². The number of rotatable bonds is 1. The standard InChI is InChI=1S/C5H5N.C2H3BrO.BrH/c1-2-4-6-5-3-1;3-1-2-4;/h1-5H;2H,1H2;1H. The summed E-state index contributed by atoms with van der Waals surface area (Å²) in [5.74, 6) is 0. The van der Waals surface area contributed by atoms with Crippen molar-refractivity contribution < 1.29 is 4.79 Å². The number of nitrogens with zero attached hydrogens (tertiary/aromatic N) is 1. The van der Waals surface area contributed by atoms with E-state index in [0.717, 1.165) is 6.29 Å². The molecule has 1 heterocycles. The number of hydrogen-bond donors (Lipinski definition) is 0. The van der Waals surface area contributed by atoms with Crippen molar-refractivity contribution in [3.05, 3.63) is 30.6 Å². The molecule has 1 rings (SSSR count). The second kappa shape index (κ2) is 12.5. The van der Waals surface area contributed by atoms with Crippen LogP contribution in [0.25, 0.3) is 0 Å². The lowest BCUT2D eigenvalue weighted by molar-refractivity contribution is -0.105. The van der Waals surface area contributed by atoms with Crippen LogP contribution in [-0.2, 0) is 4.79 Å². The zero-order chi connectivity index (χ0) is 7.66. The first-order valence-electron chi connectivity index (χ1n) is 2.76. The van der Waals surface area contributed by atoms with Crippen LogP contribution in [0.15, 0.2) is 30.6 Å². The van der Waals surface area contributed by atoms with Crippen LogP contribution in [0.1, 0.15) is 0 Å². The normalized spacial score (nSPS) is 6.64. The maximum Gasteiger partial charge on any atom is 0.130 e. The minimum absolute atomic E-state index is 0. The zero-order valence-corrected chi connectivity index (χ0v) is 9.11. The molecular formula is C7H9Br2NO. The SMILES string of the molecule is Br.O=CCBr.c1ccncc1. The molecule has 1 aromatic heterocycles. The van der Waals surface area contributed by atoms with E-state index in [1.807, 2.05) is 18.2 Å². The molecule has 0 aliphatic rings. The Morgan fingerprint density at radius 2 is 1.73 bits per heavy atom. The largest absolute Gasteiger partial charge is 0.302 e. The Balaban J connectivity index is 0. The minimum Gasteiger partial charge on any atom is -0.302 e. The van der Waals surface area contributed by atoms with Crippen molar-refractivity contribution in [2.24, 2.45) is 0 Å². The number of pyridine rings is 1. The molecule has 1 aromatic rings. The van der Waals surface area contributed by atoms with Gasteiger partial charge in [-0.15, -0.1) is 17.0 Å². The van der Waals surface area contributed by atoms with Gasteiger partial charge in [0.15, 0.2) is 0 Å². The fourth-order valence-corrected chi connectivity index (χ4v) is 0.313. The van der Waals surface area contributed by atoms with E-state index >= 15 is 0 Å². The van der Waals surface area contributed by atoms with Crippen molar-refractivity contribution in [1.29, 1.82) is 0 Å². The highest BCUT2D eigenvalue weighted by molar-refractivity contribution is 9.09. The number of aldehydes is 1. The van der Waals surface area contributed by atoms with E-state index in [-0.39, 0.29) is 17.0 Å². The van der Waals surface area contributed by atoms with Crippen LogP contribution in [0, 0.1) is 0 Å². The molecule has 0 N–H and O–H groups in total. The zero-order valence-electron chi connectivity index (χ0n) is 5.81. The maximum atomic E-state index is 9.13. The molecule has 0 saturated carbocycles. The first-order valence-corrected chi connectivity index (χ1v) is 3.88. The summed E-state index contributed by atoms with van der Waals surface area (Å²) < 4.78 is 0. The lowest BCUT2D eigenvalue weighted by atomic mass is 10.5. The summed E-state index contributed by atoms with van der Waals surface area (Å²) in [5, 5.41) is 0.451. The first-order chi connectivity index (χ1) is 4.91. The second-order valence-corrected chi connectivity index (χ2v) is 1.99. The van der Waals surface area contributed by atoms with Crippen LogP contribution in [0.4, 0.5) is 0 Å². The van der Waals surface area contributed by atoms with Gasteiger partial charge in [-0.05, 0) is 12.1 Å². The molecular weight excluding hydrogens is 274 g/mol. The summed E-state index contributed by atoms with van der Waals surface area (Å²) in [5.41, 5.74) is 0. The highest BCUT2D eigenvalue weighted by atomic mass is 79.9. The topological polar surface area (TPSA) is 30.0 Å². The summed E-state index contributed by atoms with van der Waals surface area (Å²) in [7, 11) is 0. The highest BCUT2D eigenvalue weighted by Crippen LogP contribution is 1.73. The molecule has 4 heteroatoms. The van der Waals surface area contributed by atoms with Gasteiger partial charge in [-0.1, -0.05) is 22.0 Å². The Morgan fingerprint density at radius 1 is 1.27 bits per heavy atom. The molecule has 0 spiro atoms. The average molecular weight is 283 g/mol. The summed E-state index contributed by atoms with van der Waals surface area (Å²) in [4.78, 5) is 12.9. The van der Waals surface area contributed by atoms with Gasteiger partial charge in [0.2, 0.25) is 0 Å². The Hall–Kier alpha value is -0.220. The summed E-state index contributed by atoms with van der Waals surface area (Å²) in [6.07, 6.45) is 4.29. The van der Waals surface area contributed by atoms with Crippen LogP contribution in [0.3, 0.4) is 0 Å². The van der Waals surface area contributed by atoms with Gasteiger partial charge in [-0.3, -0.25) is 4.98 Å². The van der Waals surface area contributed by atoms with Crippen molar-refractivity contribution in [2.75, 3.05) is 5.33 Å². The molecule has 0 saturated heterocycles. The third-order valence-corrected chi connectivity index (χ3v) is 0.894. The molecule has 2 nitrogen and oxygen atoms in total. The monoisotopic (exact) mass is 281 g/mol. The average Bonchev–Trinajstić information content (AvgIpc) is 2.08.